The lowest BCUT2D eigenvalue weighted by Gasteiger charge is -2.29. The highest BCUT2D eigenvalue weighted by atomic mass is 16.6. The van der Waals surface area contributed by atoms with E-state index in [9.17, 15) is 19.2 Å². The summed E-state index contributed by atoms with van der Waals surface area (Å²) in [5, 5.41) is 0. The molecular formula is C38H52O6. The van der Waals surface area contributed by atoms with Crippen LogP contribution < -0.4 is 0 Å². The van der Waals surface area contributed by atoms with Gasteiger partial charge in [0, 0.05) is 0 Å². The van der Waals surface area contributed by atoms with E-state index in [2.05, 4.69) is 13.2 Å². The van der Waals surface area contributed by atoms with Crippen molar-refractivity contribution in [3.05, 3.63) is 83.9 Å². The standard InChI is InChI=1S/2C19H26O3/c2*1-7-15-8-10-16(11-9-15)12-13-19(6,14(2)20)17(21)22-18(3,4)5/h2*7-11H,1,12-13H2,2-6H3. The van der Waals surface area contributed by atoms with Crippen molar-refractivity contribution in [3.8, 4) is 0 Å². The average Bonchev–Trinajstić information content (AvgIpc) is 2.93. The molecule has 0 aliphatic carbocycles. The number of ketones is 2. The van der Waals surface area contributed by atoms with Gasteiger partial charge in [-0.3, -0.25) is 19.2 Å². The van der Waals surface area contributed by atoms with Crippen LogP contribution in [0.25, 0.3) is 12.2 Å². The minimum Gasteiger partial charge on any atom is -0.459 e. The Balaban J connectivity index is 0.000000440. The van der Waals surface area contributed by atoms with Crippen LogP contribution in [0.5, 0.6) is 0 Å². The second-order valence-corrected chi connectivity index (χ2v) is 13.7. The van der Waals surface area contributed by atoms with E-state index in [1.165, 1.54) is 13.8 Å². The minimum atomic E-state index is -1.11. The van der Waals surface area contributed by atoms with Crippen molar-refractivity contribution in [2.45, 2.75) is 106 Å². The zero-order valence-electron chi connectivity index (χ0n) is 28.5. The first-order valence-electron chi connectivity index (χ1n) is 15.1. The number of esters is 2. The lowest BCUT2D eigenvalue weighted by atomic mass is 9.80. The van der Waals surface area contributed by atoms with Crippen molar-refractivity contribution in [2.24, 2.45) is 10.8 Å². The van der Waals surface area contributed by atoms with Crippen LogP contribution in [0.3, 0.4) is 0 Å². The predicted octanol–water partition coefficient (Wildman–Crippen LogP) is 8.40. The van der Waals surface area contributed by atoms with Gasteiger partial charge in [-0.15, -0.1) is 0 Å². The minimum absolute atomic E-state index is 0.163. The lowest BCUT2D eigenvalue weighted by Crippen LogP contribution is -2.40. The number of aryl methyl sites for hydroxylation is 2. The van der Waals surface area contributed by atoms with Crippen LogP contribution in [0.2, 0.25) is 0 Å². The molecule has 2 atom stereocenters. The normalized spacial score (nSPS) is 14.0. The smallest absolute Gasteiger partial charge is 0.319 e. The molecular weight excluding hydrogens is 552 g/mol. The lowest BCUT2D eigenvalue weighted by molar-refractivity contribution is -0.171. The Morgan fingerprint density at radius 2 is 0.841 bits per heavy atom. The third-order valence-corrected chi connectivity index (χ3v) is 7.51. The van der Waals surface area contributed by atoms with Crippen molar-refractivity contribution in [3.63, 3.8) is 0 Å². The van der Waals surface area contributed by atoms with Crippen LogP contribution >= 0.6 is 0 Å². The van der Waals surface area contributed by atoms with Crippen LogP contribution in [0.4, 0.5) is 0 Å². The maximum absolute atomic E-state index is 12.4. The van der Waals surface area contributed by atoms with E-state index in [0.29, 0.717) is 25.7 Å². The summed E-state index contributed by atoms with van der Waals surface area (Å²) in [6.45, 7) is 24.5. The van der Waals surface area contributed by atoms with Gasteiger partial charge in [-0.1, -0.05) is 73.8 Å². The van der Waals surface area contributed by atoms with Crippen LogP contribution in [-0.4, -0.2) is 34.7 Å². The van der Waals surface area contributed by atoms with Gasteiger partial charge in [0.25, 0.3) is 0 Å². The molecule has 0 aromatic heterocycles. The molecule has 240 valence electrons. The van der Waals surface area contributed by atoms with Crippen LogP contribution in [0, 0.1) is 10.8 Å². The van der Waals surface area contributed by atoms with Crippen LogP contribution in [0.15, 0.2) is 61.7 Å². The molecule has 0 aliphatic heterocycles. The van der Waals surface area contributed by atoms with Gasteiger partial charge >= 0.3 is 11.9 Å². The van der Waals surface area contributed by atoms with Gasteiger partial charge in [0.05, 0.1) is 0 Å². The van der Waals surface area contributed by atoms with Gasteiger partial charge in [0.1, 0.15) is 33.6 Å². The van der Waals surface area contributed by atoms with E-state index in [1.807, 2.05) is 48.5 Å². The molecule has 0 saturated carbocycles. The summed E-state index contributed by atoms with van der Waals surface area (Å²) in [6.07, 6.45) is 5.73. The molecule has 6 heteroatoms. The monoisotopic (exact) mass is 604 g/mol. The quantitative estimate of drug-likeness (QED) is 0.179. The molecule has 0 radical (unpaired) electrons. The zero-order valence-corrected chi connectivity index (χ0v) is 28.5. The van der Waals surface area contributed by atoms with Gasteiger partial charge in [-0.25, -0.2) is 0 Å². The first-order valence-corrected chi connectivity index (χ1v) is 15.1. The van der Waals surface area contributed by atoms with Gasteiger partial charge in [-0.2, -0.15) is 0 Å². The molecule has 2 aromatic rings. The average molecular weight is 605 g/mol. The molecule has 2 aromatic carbocycles. The summed E-state index contributed by atoms with van der Waals surface area (Å²) in [5.41, 5.74) is 0.854. The molecule has 0 fully saturated rings. The highest BCUT2D eigenvalue weighted by Crippen LogP contribution is 2.30. The largest absolute Gasteiger partial charge is 0.459 e. The zero-order chi connectivity index (χ0) is 33.9. The summed E-state index contributed by atoms with van der Waals surface area (Å²) in [5.74, 6) is -1.22. The van der Waals surface area contributed by atoms with Crippen molar-refractivity contribution >= 4 is 35.7 Å². The molecule has 0 saturated heterocycles. The van der Waals surface area contributed by atoms with Crippen LogP contribution in [-0.2, 0) is 41.5 Å². The van der Waals surface area contributed by atoms with Gasteiger partial charge in [0.15, 0.2) is 0 Å². The fourth-order valence-corrected chi connectivity index (χ4v) is 4.05. The SMILES string of the molecule is C=Cc1ccc(CCC(C)(C(C)=O)C(=O)OC(C)(C)C)cc1.C=Cc1ccc(CCC(C)(C(C)=O)C(=O)OC(C)(C)C)cc1. The number of Topliss-reactive ketones (excluding diaryl/α,β-unsaturated/α-hetero) is 2. The van der Waals surface area contributed by atoms with E-state index < -0.39 is 34.0 Å². The molecule has 2 rings (SSSR count). The molecule has 0 N–H and O–H groups in total. The topological polar surface area (TPSA) is 86.7 Å². The summed E-state index contributed by atoms with van der Waals surface area (Å²) in [7, 11) is 0. The van der Waals surface area contributed by atoms with Gasteiger partial charge in [0.2, 0.25) is 0 Å². The Hall–Kier alpha value is -3.80. The number of benzene rings is 2. The first-order chi connectivity index (χ1) is 20.2. The third-order valence-electron chi connectivity index (χ3n) is 7.51. The number of rotatable bonds is 12. The number of hydrogen-bond donors (Lipinski definition) is 0. The van der Waals surface area contributed by atoms with E-state index in [0.717, 1.165) is 22.3 Å². The number of ether oxygens (including phenoxy) is 2. The second-order valence-electron chi connectivity index (χ2n) is 13.7. The van der Waals surface area contributed by atoms with E-state index in [-0.39, 0.29) is 11.6 Å². The summed E-state index contributed by atoms with van der Waals surface area (Å²) < 4.78 is 10.8. The fourth-order valence-electron chi connectivity index (χ4n) is 4.05. The number of carbonyl (C=O) groups is 4. The third kappa shape index (κ3) is 12.1. The summed E-state index contributed by atoms with van der Waals surface area (Å²) in [6, 6.07) is 15.9. The van der Waals surface area contributed by atoms with Crippen molar-refractivity contribution < 1.29 is 28.7 Å². The van der Waals surface area contributed by atoms with E-state index >= 15 is 0 Å². The van der Waals surface area contributed by atoms with Crippen LogP contribution in [0.1, 0.15) is 104 Å². The maximum atomic E-state index is 12.4. The molecule has 0 amide bonds. The molecule has 0 aliphatic rings. The highest BCUT2D eigenvalue weighted by Gasteiger charge is 2.42. The molecule has 44 heavy (non-hydrogen) atoms. The van der Waals surface area contributed by atoms with Crippen molar-refractivity contribution in [2.75, 3.05) is 0 Å². The number of carbonyl (C=O) groups excluding carboxylic acids is 4. The molecule has 6 nitrogen and oxygen atoms in total. The Kier molecular flexibility index (Phi) is 13.7. The molecule has 2 unspecified atom stereocenters. The number of hydrogen-bond acceptors (Lipinski definition) is 6. The van der Waals surface area contributed by atoms with Crippen molar-refractivity contribution in [1.29, 1.82) is 0 Å². The first kappa shape index (κ1) is 38.2. The summed E-state index contributed by atoms with van der Waals surface area (Å²) >= 11 is 0. The predicted molar refractivity (Wildman–Crippen MR) is 179 cm³/mol. The molecule has 0 heterocycles. The Morgan fingerprint density at radius 1 is 0.568 bits per heavy atom. The highest BCUT2D eigenvalue weighted by molar-refractivity contribution is 6.03. The fraction of sp³-hybridized carbons (Fsp3) is 0.474. The van der Waals surface area contributed by atoms with Crippen molar-refractivity contribution in [1.82, 2.24) is 0 Å². The van der Waals surface area contributed by atoms with E-state index in [4.69, 9.17) is 9.47 Å². The van der Waals surface area contributed by atoms with Gasteiger partial charge in [-0.05, 0) is 117 Å². The van der Waals surface area contributed by atoms with Gasteiger partial charge < -0.3 is 9.47 Å². The van der Waals surface area contributed by atoms with E-state index in [1.54, 1.807) is 67.5 Å². The second kappa shape index (κ2) is 15.8. The summed E-state index contributed by atoms with van der Waals surface area (Å²) in [4.78, 5) is 48.8. The maximum Gasteiger partial charge on any atom is 0.319 e. The Labute approximate surface area is 264 Å². The molecule has 0 spiro atoms. The Morgan fingerprint density at radius 3 is 1.05 bits per heavy atom. The Bertz CT molecular complexity index is 1200. The molecule has 0 bridgehead atoms.